The summed E-state index contributed by atoms with van der Waals surface area (Å²) in [5.74, 6) is -0.135. The van der Waals surface area contributed by atoms with Crippen LogP contribution >= 0.6 is 11.8 Å². The molecule has 2 heterocycles. The number of carbonyl (C=O) groups excluding carboxylic acids is 3. The van der Waals surface area contributed by atoms with Crippen LogP contribution in [0.1, 0.15) is 47.1 Å². The number of hydrogen-bond acceptors (Lipinski definition) is 6. The lowest BCUT2D eigenvalue weighted by Gasteiger charge is -2.13. The average Bonchev–Trinajstić information content (AvgIpc) is 3.17. The van der Waals surface area contributed by atoms with E-state index in [2.05, 4.69) is 10.5 Å². The van der Waals surface area contributed by atoms with Crippen molar-refractivity contribution >= 4 is 34.9 Å². The van der Waals surface area contributed by atoms with E-state index >= 15 is 0 Å². The molecule has 1 saturated heterocycles. The third-order valence-corrected chi connectivity index (χ3v) is 5.14. The smallest absolute Gasteiger partial charge is 0.293 e. The first-order valence-corrected chi connectivity index (χ1v) is 9.75. The number of aryl methyl sites for hydroxylation is 1. The van der Waals surface area contributed by atoms with Gasteiger partial charge in [0.1, 0.15) is 5.56 Å². The summed E-state index contributed by atoms with van der Waals surface area (Å²) in [7, 11) is 0. The highest BCUT2D eigenvalue weighted by molar-refractivity contribution is 8.18. The summed E-state index contributed by atoms with van der Waals surface area (Å²) in [4.78, 5) is 38.7. The maximum atomic E-state index is 12.5. The molecule has 0 saturated carbocycles. The van der Waals surface area contributed by atoms with Crippen molar-refractivity contribution < 1.29 is 18.9 Å². The van der Waals surface area contributed by atoms with Gasteiger partial charge in [0.25, 0.3) is 17.1 Å². The molecule has 3 amide bonds. The van der Waals surface area contributed by atoms with E-state index in [0.717, 1.165) is 22.2 Å². The van der Waals surface area contributed by atoms with Crippen molar-refractivity contribution in [2.75, 3.05) is 13.1 Å². The Bertz CT molecular complexity index is 934. The van der Waals surface area contributed by atoms with Gasteiger partial charge in [-0.05, 0) is 30.3 Å². The minimum Gasteiger partial charge on any atom is -0.360 e. The zero-order chi connectivity index (χ0) is 20.3. The molecular formula is C20H21N3O4S. The molecule has 2 aromatic rings. The van der Waals surface area contributed by atoms with E-state index in [1.165, 1.54) is 0 Å². The molecule has 8 heteroatoms. The van der Waals surface area contributed by atoms with Crippen molar-refractivity contribution in [2.24, 2.45) is 0 Å². The van der Waals surface area contributed by atoms with Gasteiger partial charge in [-0.15, -0.1) is 0 Å². The van der Waals surface area contributed by atoms with E-state index in [1.807, 2.05) is 44.2 Å². The van der Waals surface area contributed by atoms with Crippen LogP contribution in [0.15, 0.2) is 39.8 Å². The Morgan fingerprint density at radius 1 is 1.29 bits per heavy atom. The molecule has 1 aliphatic heterocycles. The van der Waals surface area contributed by atoms with Crippen LogP contribution < -0.4 is 5.32 Å². The summed E-state index contributed by atoms with van der Waals surface area (Å²) in [6.07, 6.45) is 1.69. The molecule has 0 spiro atoms. The largest absolute Gasteiger partial charge is 0.360 e. The first kappa shape index (κ1) is 19.9. The number of rotatable bonds is 6. The zero-order valence-electron chi connectivity index (χ0n) is 15.9. The standard InChI is InChI=1S/C20H21N3O4S/c1-12(2)17-16(13(3)22-27-17)18(24)21-9-10-23-19(25)15(28-20(23)26)11-14-7-5-4-6-8-14/h4-8,11-12H,9-10H2,1-3H3,(H,21,24)/b15-11-. The van der Waals surface area contributed by atoms with Crippen LogP contribution in [0.2, 0.25) is 0 Å². The summed E-state index contributed by atoms with van der Waals surface area (Å²) >= 11 is 0.903. The number of benzene rings is 1. The van der Waals surface area contributed by atoms with E-state index in [-0.39, 0.29) is 36.1 Å². The van der Waals surface area contributed by atoms with Gasteiger partial charge in [0.2, 0.25) is 0 Å². The van der Waals surface area contributed by atoms with Crippen LogP contribution in [0.5, 0.6) is 0 Å². The van der Waals surface area contributed by atoms with Crippen LogP contribution in [0.4, 0.5) is 4.79 Å². The lowest BCUT2D eigenvalue weighted by molar-refractivity contribution is -0.122. The Morgan fingerprint density at radius 3 is 2.68 bits per heavy atom. The maximum Gasteiger partial charge on any atom is 0.293 e. The van der Waals surface area contributed by atoms with E-state index in [1.54, 1.807) is 13.0 Å². The Labute approximate surface area is 167 Å². The molecule has 146 valence electrons. The third-order valence-electron chi connectivity index (χ3n) is 4.23. The van der Waals surface area contributed by atoms with Gasteiger partial charge in [0.05, 0.1) is 10.6 Å². The number of hydrogen-bond donors (Lipinski definition) is 1. The molecule has 3 rings (SSSR count). The average molecular weight is 399 g/mol. The number of amides is 3. The fourth-order valence-corrected chi connectivity index (χ4v) is 3.69. The van der Waals surface area contributed by atoms with Crippen LogP contribution in [0.25, 0.3) is 6.08 Å². The molecule has 1 fully saturated rings. The summed E-state index contributed by atoms with van der Waals surface area (Å²) < 4.78 is 5.22. The minimum atomic E-state index is -0.350. The lowest BCUT2D eigenvalue weighted by Crippen LogP contribution is -2.37. The topological polar surface area (TPSA) is 92.5 Å². The summed E-state index contributed by atoms with van der Waals surface area (Å²) in [5, 5.41) is 6.25. The van der Waals surface area contributed by atoms with Gasteiger partial charge in [0, 0.05) is 19.0 Å². The SMILES string of the molecule is Cc1noc(C(C)C)c1C(=O)NCCN1C(=O)S/C(=C\c2ccccc2)C1=O. The second-order valence-corrected chi connectivity index (χ2v) is 7.66. The summed E-state index contributed by atoms with van der Waals surface area (Å²) in [6, 6.07) is 9.34. The first-order chi connectivity index (χ1) is 13.4. The Hall–Kier alpha value is -2.87. The summed E-state index contributed by atoms with van der Waals surface area (Å²) in [5.41, 5.74) is 1.77. The highest BCUT2D eigenvalue weighted by atomic mass is 32.2. The molecule has 1 N–H and O–H groups in total. The molecular weight excluding hydrogens is 378 g/mol. The second-order valence-electron chi connectivity index (χ2n) is 6.66. The van der Waals surface area contributed by atoms with Gasteiger partial charge in [-0.3, -0.25) is 19.3 Å². The number of carbonyl (C=O) groups is 3. The van der Waals surface area contributed by atoms with E-state index < -0.39 is 0 Å². The van der Waals surface area contributed by atoms with Crippen LogP contribution in [0.3, 0.4) is 0 Å². The molecule has 0 bridgehead atoms. The van der Waals surface area contributed by atoms with E-state index in [0.29, 0.717) is 21.9 Å². The predicted octanol–water partition coefficient (Wildman–Crippen LogP) is 3.57. The number of thioether (sulfide) groups is 1. The Morgan fingerprint density at radius 2 is 2.00 bits per heavy atom. The van der Waals surface area contributed by atoms with Crippen molar-refractivity contribution in [2.45, 2.75) is 26.7 Å². The highest BCUT2D eigenvalue weighted by Gasteiger charge is 2.34. The molecule has 28 heavy (non-hydrogen) atoms. The quantitative estimate of drug-likeness (QED) is 0.747. The molecule has 1 aromatic carbocycles. The lowest BCUT2D eigenvalue weighted by atomic mass is 10.0. The van der Waals surface area contributed by atoms with Gasteiger partial charge >= 0.3 is 0 Å². The Kier molecular flexibility index (Phi) is 5.99. The van der Waals surface area contributed by atoms with Crippen LogP contribution in [-0.2, 0) is 4.79 Å². The number of nitrogens with zero attached hydrogens (tertiary/aromatic N) is 2. The van der Waals surface area contributed by atoms with Gasteiger partial charge in [-0.2, -0.15) is 0 Å². The van der Waals surface area contributed by atoms with E-state index in [9.17, 15) is 14.4 Å². The van der Waals surface area contributed by atoms with Gasteiger partial charge < -0.3 is 9.84 Å². The number of nitrogens with one attached hydrogen (secondary N) is 1. The fraction of sp³-hybridized carbons (Fsp3) is 0.300. The highest BCUT2D eigenvalue weighted by Crippen LogP contribution is 2.31. The molecule has 0 unspecified atom stereocenters. The van der Waals surface area contributed by atoms with Crippen molar-refractivity contribution in [3.8, 4) is 0 Å². The van der Waals surface area contributed by atoms with Crippen LogP contribution in [0, 0.1) is 6.92 Å². The molecule has 0 atom stereocenters. The zero-order valence-corrected chi connectivity index (χ0v) is 16.7. The van der Waals surface area contributed by atoms with Crippen LogP contribution in [-0.4, -0.2) is 40.2 Å². The Balaban J connectivity index is 1.62. The maximum absolute atomic E-state index is 12.5. The van der Waals surface area contributed by atoms with E-state index in [4.69, 9.17) is 4.52 Å². The third kappa shape index (κ3) is 4.17. The minimum absolute atomic E-state index is 0.0192. The van der Waals surface area contributed by atoms with Crippen molar-refractivity contribution in [3.63, 3.8) is 0 Å². The van der Waals surface area contributed by atoms with Crippen molar-refractivity contribution in [1.82, 2.24) is 15.4 Å². The number of aromatic nitrogens is 1. The normalized spacial score (nSPS) is 15.7. The number of imide groups is 1. The fourth-order valence-electron chi connectivity index (χ4n) is 2.82. The second kappa shape index (κ2) is 8.43. The molecule has 0 aliphatic carbocycles. The molecule has 0 radical (unpaired) electrons. The summed E-state index contributed by atoms with van der Waals surface area (Å²) in [6.45, 7) is 5.78. The van der Waals surface area contributed by atoms with Crippen molar-refractivity contribution in [3.05, 3.63) is 57.8 Å². The van der Waals surface area contributed by atoms with Gasteiger partial charge in [-0.1, -0.05) is 49.3 Å². The predicted molar refractivity (Wildman–Crippen MR) is 107 cm³/mol. The van der Waals surface area contributed by atoms with Gasteiger partial charge in [0.15, 0.2) is 5.76 Å². The molecule has 1 aliphatic rings. The molecule has 7 nitrogen and oxygen atoms in total. The molecule has 1 aromatic heterocycles. The first-order valence-electron chi connectivity index (χ1n) is 8.93. The van der Waals surface area contributed by atoms with Crippen molar-refractivity contribution in [1.29, 1.82) is 0 Å². The van der Waals surface area contributed by atoms with Gasteiger partial charge in [-0.25, -0.2) is 0 Å². The monoisotopic (exact) mass is 399 g/mol.